The van der Waals surface area contributed by atoms with Crippen molar-refractivity contribution in [1.82, 2.24) is 9.97 Å². The number of allylic oxidation sites excluding steroid dienone is 7. The van der Waals surface area contributed by atoms with E-state index in [2.05, 4.69) is 151 Å². The number of hydrogen-bond donors (Lipinski definition) is 0. The van der Waals surface area contributed by atoms with Gasteiger partial charge in [-0.2, -0.15) is 0 Å². The van der Waals surface area contributed by atoms with E-state index in [0.717, 1.165) is 59.3 Å². The molecular formula is C46H33N3S. The molecule has 0 saturated heterocycles. The zero-order valence-electron chi connectivity index (χ0n) is 27.5. The van der Waals surface area contributed by atoms with Crippen LogP contribution in [0.25, 0.3) is 55.5 Å². The molecule has 2 atom stereocenters. The number of rotatable bonds is 5. The smallest absolute Gasteiger partial charge is 0.168 e. The van der Waals surface area contributed by atoms with Gasteiger partial charge in [0.25, 0.3) is 0 Å². The number of fused-ring (bicyclic) bond motifs is 7. The fourth-order valence-corrected chi connectivity index (χ4v) is 9.32. The van der Waals surface area contributed by atoms with Gasteiger partial charge >= 0.3 is 0 Å². The van der Waals surface area contributed by atoms with Gasteiger partial charge in [0.15, 0.2) is 5.82 Å². The van der Waals surface area contributed by atoms with E-state index in [1.54, 1.807) is 0 Å². The summed E-state index contributed by atoms with van der Waals surface area (Å²) < 4.78 is 1.45. The molecule has 3 heterocycles. The van der Waals surface area contributed by atoms with Crippen LogP contribution in [0.2, 0.25) is 0 Å². The normalized spacial score (nSPS) is 18.5. The third kappa shape index (κ3) is 4.89. The molecule has 0 radical (unpaired) electrons. The quantitative estimate of drug-likeness (QED) is 0.184. The molecule has 238 valence electrons. The van der Waals surface area contributed by atoms with Crippen LogP contribution in [0.5, 0.6) is 0 Å². The van der Waals surface area contributed by atoms with E-state index in [-0.39, 0.29) is 6.04 Å². The van der Waals surface area contributed by atoms with E-state index in [1.165, 1.54) is 43.0 Å². The second-order valence-corrected chi connectivity index (χ2v) is 14.5. The SMILES string of the molecule is c1c(-c2ccc(N3c4ccc5c6c(sc5c4C4C=CC=CC43)CCC=C6)cc2)ccc(-c2nc(C3=CC=CCC3)cc(-c3ccccc3)n2)c#1. The van der Waals surface area contributed by atoms with Crippen LogP contribution in [0.4, 0.5) is 11.4 Å². The van der Waals surface area contributed by atoms with Crippen LogP contribution in [0, 0.1) is 12.1 Å². The Morgan fingerprint density at radius 1 is 0.720 bits per heavy atom. The summed E-state index contributed by atoms with van der Waals surface area (Å²) in [5.41, 5.74) is 12.6. The number of hydrogen-bond acceptors (Lipinski definition) is 4. The minimum Gasteiger partial charge on any atom is -0.333 e. The Morgan fingerprint density at radius 2 is 1.54 bits per heavy atom. The number of anilines is 2. The molecule has 10 rings (SSSR count). The van der Waals surface area contributed by atoms with Crippen LogP contribution >= 0.6 is 11.3 Å². The van der Waals surface area contributed by atoms with Crippen LogP contribution in [0.15, 0.2) is 134 Å². The lowest BCUT2D eigenvalue weighted by atomic mass is 9.90. The average Bonchev–Trinajstić information content (AvgIpc) is 3.74. The molecule has 4 heteroatoms. The molecule has 0 bridgehead atoms. The summed E-state index contributed by atoms with van der Waals surface area (Å²) in [5.74, 6) is 1.01. The number of thiophene rings is 1. The summed E-state index contributed by atoms with van der Waals surface area (Å²) in [4.78, 5) is 14.1. The molecule has 4 aromatic carbocycles. The van der Waals surface area contributed by atoms with Gasteiger partial charge in [0.1, 0.15) is 0 Å². The molecule has 0 N–H and O–H groups in total. The molecule has 3 aliphatic carbocycles. The van der Waals surface area contributed by atoms with Gasteiger partial charge in [0.2, 0.25) is 0 Å². The molecule has 0 fully saturated rings. The third-order valence-electron chi connectivity index (χ3n) is 10.4. The van der Waals surface area contributed by atoms with E-state index in [0.29, 0.717) is 11.7 Å². The van der Waals surface area contributed by atoms with Crippen LogP contribution in [0.3, 0.4) is 0 Å². The van der Waals surface area contributed by atoms with Crippen LogP contribution in [0.1, 0.15) is 46.9 Å². The highest BCUT2D eigenvalue weighted by Crippen LogP contribution is 2.53. The summed E-state index contributed by atoms with van der Waals surface area (Å²) >= 11 is 2.01. The fourth-order valence-electron chi connectivity index (χ4n) is 7.93. The standard InChI is InChI=1S/C46H33N3S/c1-3-11-32(12-4-1)39-29-40(33-13-5-2-6-14-33)48-46(47-39)34-21-19-30(20-22-34)31-23-25-35(26-24-31)49-41-17-9-7-16-38(41)44-42(49)28-27-37-36-15-8-10-18-43(36)50-45(37)44/h1-5,7-9,11-13,15-17,19,21,23-29,38,41H,6,10,14,18H2. The van der Waals surface area contributed by atoms with E-state index < -0.39 is 0 Å². The number of aromatic nitrogens is 2. The molecule has 50 heavy (non-hydrogen) atoms. The van der Waals surface area contributed by atoms with E-state index >= 15 is 0 Å². The van der Waals surface area contributed by atoms with Crippen molar-refractivity contribution in [2.24, 2.45) is 0 Å². The van der Waals surface area contributed by atoms with Gasteiger partial charge in [-0.15, -0.1) is 11.3 Å². The number of aryl methyl sites for hydroxylation is 1. The van der Waals surface area contributed by atoms with Crippen molar-refractivity contribution in [3.05, 3.63) is 167 Å². The van der Waals surface area contributed by atoms with Crippen molar-refractivity contribution in [2.45, 2.75) is 37.6 Å². The lowest BCUT2D eigenvalue weighted by Gasteiger charge is -2.28. The summed E-state index contributed by atoms with van der Waals surface area (Å²) in [6, 6.07) is 37.4. The second-order valence-electron chi connectivity index (χ2n) is 13.4. The van der Waals surface area contributed by atoms with Gasteiger partial charge in [-0.3, -0.25) is 0 Å². The summed E-state index contributed by atoms with van der Waals surface area (Å²) in [6.45, 7) is 0. The molecule has 6 aromatic rings. The fraction of sp³-hybridized carbons (Fsp3) is 0.130. The minimum atomic E-state index is 0.261. The topological polar surface area (TPSA) is 29.0 Å². The van der Waals surface area contributed by atoms with Crippen molar-refractivity contribution < 1.29 is 0 Å². The predicted octanol–water partition coefficient (Wildman–Crippen LogP) is 11.7. The van der Waals surface area contributed by atoms with Crippen molar-refractivity contribution in [2.75, 3.05) is 4.90 Å². The molecule has 2 aromatic heterocycles. The molecule has 0 spiro atoms. The lowest BCUT2D eigenvalue weighted by molar-refractivity contribution is 0.748. The third-order valence-corrected chi connectivity index (χ3v) is 11.7. The van der Waals surface area contributed by atoms with Crippen molar-refractivity contribution in [1.29, 1.82) is 0 Å². The van der Waals surface area contributed by atoms with Crippen molar-refractivity contribution >= 4 is 44.4 Å². The highest BCUT2D eigenvalue weighted by atomic mass is 32.1. The van der Waals surface area contributed by atoms with Gasteiger partial charge in [0, 0.05) is 48.9 Å². The molecule has 0 saturated carbocycles. The Labute approximate surface area is 297 Å². The highest BCUT2D eigenvalue weighted by Gasteiger charge is 2.39. The van der Waals surface area contributed by atoms with E-state index in [4.69, 9.17) is 9.97 Å². The van der Waals surface area contributed by atoms with E-state index in [1.807, 2.05) is 17.4 Å². The molecule has 0 amide bonds. The van der Waals surface area contributed by atoms with Gasteiger partial charge in [-0.1, -0.05) is 115 Å². The first-order valence-electron chi connectivity index (χ1n) is 17.5. The maximum Gasteiger partial charge on any atom is 0.168 e. The predicted molar refractivity (Wildman–Crippen MR) is 208 cm³/mol. The summed E-state index contributed by atoms with van der Waals surface area (Å²) in [6.07, 6.45) is 24.6. The Bertz CT molecular complexity index is 2420. The monoisotopic (exact) mass is 659 g/mol. The van der Waals surface area contributed by atoms with Crippen LogP contribution in [-0.4, -0.2) is 16.0 Å². The van der Waals surface area contributed by atoms with Crippen LogP contribution < -0.4 is 4.90 Å². The summed E-state index contributed by atoms with van der Waals surface area (Å²) in [7, 11) is 0. The largest absolute Gasteiger partial charge is 0.333 e. The molecule has 1 aliphatic heterocycles. The highest BCUT2D eigenvalue weighted by molar-refractivity contribution is 7.19. The van der Waals surface area contributed by atoms with E-state index in [9.17, 15) is 0 Å². The Balaban J connectivity index is 0.974. The Hall–Kier alpha value is -5.76. The maximum absolute atomic E-state index is 5.02. The van der Waals surface area contributed by atoms with Gasteiger partial charge in [-0.25, -0.2) is 9.97 Å². The molecule has 2 unspecified atom stereocenters. The number of benzene rings is 3. The van der Waals surface area contributed by atoms with Gasteiger partial charge in [-0.05, 0) is 78.8 Å². The van der Waals surface area contributed by atoms with Crippen molar-refractivity contribution in [3.8, 4) is 33.8 Å². The first-order valence-corrected chi connectivity index (χ1v) is 18.3. The molecular weight excluding hydrogens is 627 g/mol. The minimum absolute atomic E-state index is 0.261. The zero-order chi connectivity index (χ0) is 33.0. The zero-order valence-corrected chi connectivity index (χ0v) is 28.3. The second kappa shape index (κ2) is 12.0. The molecule has 4 aliphatic rings. The van der Waals surface area contributed by atoms with Crippen LogP contribution in [-0.2, 0) is 6.42 Å². The first kappa shape index (κ1) is 29.2. The average molecular weight is 660 g/mol. The van der Waals surface area contributed by atoms with Crippen molar-refractivity contribution in [3.63, 3.8) is 0 Å². The van der Waals surface area contributed by atoms with Gasteiger partial charge in [0.05, 0.1) is 23.0 Å². The van der Waals surface area contributed by atoms with Gasteiger partial charge < -0.3 is 4.90 Å². The maximum atomic E-state index is 5.02. The lowest BCUT2D eigenvalue weighted by Crippen LogP contribution is -2.28. The summed E-state index contributed by atoms with van der Waals surface area (Å²) in [5, 5.41) is 1.41. The molecule has 3 nitrogen and oxygen atoms in total. The Morgan fingerprint density at radius 3 is 2.38 bits per heavy atom. The first-order chi connectivity index (χ1) is 24.8. The Kier molecular flexibility index (Phi) is 6.99. The number of nitrogens with zero attached hydrogens (tertiary/aromatic N) is 3.